The van der Waals surface area contributed by atoms with Crippen LogP contribution in [0.1, 0.15) is 34.8 Å². The van der Waals surface area contributed by atoms with Crippen LogP contribution in [0.15, 0.2) is 12.1 Å². The third-order valence-electron chi connectivity index (χ3n) is 2.03. The van der Waals surface area contributed by atoms with Gasteiger partial charge in [0.05, 0.1) is 5.56 Å². The second kappa shape index (κ2) is 4.87. The van der Waals surface area contributed by atoms with Gasteiger partial charge in [-0.2, -0.15) is 13.2 Å². The molecule has 0 bridgehead atoms. The first-order chi connectivity index (χ1) is 7.64. The number of hydrogen-bond donors (Lipinski definition) is 0. The third-order valence-corrected chi connectivity index (χ3v) is 2.65. The van der Waals surface area contributed by atoms with Gasteiger partial charge in [0.15, 0.2) is 5.78 Å². The van der Waals surface area contributed by atoms with Crippen LogP contribution in [-0.2, 0) is 6.18 Å². The molecule has 1 aromatic rings. The molecule has 0 aromatic heterocycles. The van der Waals surface area contributed by atoms with E-state index in [9.17, 15) is 26.7 Å². The fourth-order valence-corrected chi connectivity index (χ4v) is 2.04. The highest BCUT2D eigenvalue weighted by Crippen LogP contribution is 2.39. The molecule has 7 heteroatoms. The fourth-order valence-electron chi connectivity index (χ4n) is 1.39. The summed E-state index contributed by atoms with van der Waals surface area (Å²) in [6, 6.07) is 1.69. The van der Waals surface area contributed by atoms with Gasteiger partial charge in [0, 0.05) is 14.7 Å². The van der Waals surface area contributed by atoms with E-state index in [2.05, 4.69) is 0 Å². The van der Waals surface area contributed by atoms with Crippen LogP contribution in [0.2, 0.25) is 0 Å². The van der Waals surface area contributed by atoms with E-state index in [1.165, 1.54) is 0 Å². The zero-order valence-electron chi connectivity index (χ0n) is 8.41. The molecular formula is C10H6F5IO. The highest BCUT2D eigenvalue weighted by molar-refractivity contribution is 14.1. The Balaban J connectivity index is 3.66. The van der Waals surface area contributed by atoms with E-state index >= 15 is 0 Å². The van der Waals surface area contributed by atoms with E-state index in [0.717, 1.165) is 19.1 Å². The number of carbonyl (C=O) groups excluding carboxylic acids is 1. The molecule has 0 heterocycles. The molecular weight excluding hydrogens is 358 g/mol. The summed E-state index contributed by atoms with van der Waals surface area (Å²) in [7, 11) is 0. The fraction of sp³-hybridized carbons (Fsp3) is 0.300. The maximum Gasteiger partial charge on any atom is 0.417 e. The van der Waals surface area contributed by atoms with Gasteiger partial charge in [-0.15, -0.1) is 0 Å². The first kappa shape index (κ1) is 14.3. The van der Waals surface area contributed by atoms with Crippen LogP contribution in [0, 0.1) is 3.57 Å². The predicted molar refractivity (Wildman–Crippen MR) is 59.1 cm³/mol. The van der Waals surface area contributed by atoms with Gasteiger partial charge in [0.25, 0.3) is 6.43 Å². The zero-order chi connectivity index (χ0) is 13.4. The molecule has 0 unspecified atom stereocenters. The van der Waals surface area contributed by atoms with Crippen LogP contribution in [-0.4, -0.2) is 5.78 Å². The summed E-state index contributed by atoms with van der Waals surface area (Å²) in [5.74, 6) is -0.891. The van der Waals surface area contributed by atoms with Crippen LogP contribution < -0.4 is 0 Å². The molecule has 0 aliphatic heterocycles. The standard InChI is InChI=1S/C10H6F5IO/c1-4(17)6-2-5(16)3-7(9(11)12)8(6)10(13,14)15/h2-3,9H,1H3. The Labute approximate surface area is 107 Å². The van der Waals surface area contributed by atoms with Crippen molar-refractivity contribution in [3.63, 3.8) is 0 Å². The molecule has 0 saturated heterocycles. The SMILES string of the molecule is CC(=O)c1cc(I)cc(C(F)F)c1C(F)(F)F. The number of benzene rings is 1. The van der Waals surface area contributed by atoms with E-state index in [0.29, 0.717) is 0 Å². The van der Waals surface area contributed by atoms with Gasteiger partial charge in [-0.25, -0.2) is 8.78 Å². The lowest BCUT2D eigenvalue weighted by Gasteiger charge is -2.16. The number of alkyl halides is 5. The molecule has 0 amide bonds. The first-order valence-corrected chi connectivity index (χ1v) is 5.42. The van der Waals surface area contributed by atoms with Crippen molar-refractivity contribution in [3.05, 3.63) is 32.4 Å². The molecule has 0 aliphatic rings. The van der Waals surface area contributed by atoms with E-state index in [4.69, 9.17) is 0 Å². The van der Waals surface area contributed by atoms with Crippen molar-refractivity contribution in [3.8, 4) is 0 Å². The lowest BCUT2D eigenvalue weighted by molar-refractivity contribution is -0.139. The van der Waals surface area contributed by atoms with Gasteiger partial charge >= 0.3 is 6.18 Å². The molecule has 94 valence electrons. The summed E-state index contributed by atoms with van der Waals surface area (Å²) in [5, 5.41) is 0. The second-order valence-corrected chi connectivity index (χ2v) is 4.52. The summed E-state index contributed by atoms with van der Waals surface area (Å²) >= 11 is 1.59. The molecule has 0 radical (unpaired) electrons. The topological polar surface area (TPSA) is 17.1 Å². The van der Waals surface area contributed by atoms with E-state index in [1.54, 1.807) is 22.6 Å². The van der Waals surface area contributed by atoms with Crippen molar-refractivity contribution >= 4 is 28.4 Å². The average Bonchev–Trinajstić information content (AvgIpc) is 2.14. The number of ketones is 1. The molecule has 0 N–H and O–H groups in total. The molecule has 1 aromatic carbocycles. The Kier molecular flexibility index (Phi) is 4.11. The summed E-state index contributed by atoms with van der Waals surface area (Å²) in [6.07, 6.45) is -8.25. The van der Waals surface area contributed by atoms with Crippen molar-refractivity contribution in [2.45, 2.75) is 19.5 Å². The average molecular weight is 364 g/mol. The molecule has 17 heavy (non-hydrogen) atoms. The number of halogens is 6. The monoisotopic (exact) mass is 364 g/mol. The Hall–Kier alpha value is -0.730. The third kappa shape index (κ3) is 3.14. The van der Waals surface area contributed by atoms with Gasteiger partial charge in [0.2, 0.25) is 0 Å². The second-order valence-electron chi connectivity index (χ2n) is 3.27. The molecule has 0 saturated carbocycles. The number of Topliss-reactive ketones (excluding diaryl/α,β-unsaturated/α-hetero) is 1. The molecule has 0 atom stereocenters. The van der Waals surface area contributed by atoms with Crippen molar-refractivity contribution in [1.29, 1.82) is 0 Å². The first-order valence-electron chi connectivity index (χ1n) is 4.34. The summed E-state index contributed by atoms with van der Waals surface area (Å²) in [6.45, 7) is 0.913. The van der Waals surface area contributed by atoms with Crippen molar-refractivity contribution in [1.82, 2.24) is 0 Å². The minimum absolute atomic E-state index is 0.163. The normalized spacial score (nSPS) is 12.0. The van der Waals surface area contributed by atoms with E-state index in [1.807, 2.05) is 0 Å². The highest BCUT2D eigenvalue weighted by atomic mass is 127. The molecule has 0 spiro atoms. The van der Waals surface area contributed by atoms with Crippen LogP contribution >= 0.6 is 22.6 Å². The maximum absolute atomic E-state index is 12.7. The Morgan fingerprint density at radius 2 is 1.82 bits per heavy atom. The van der Waals surface area contributed by atoms with Gasteiger partial charge in [-0.3, -0.25) is 4.79 Å². The Bertz CT molecular complexity index is 453. The van der Waals surface area contributed by atoms with Crippen LogP contribution in [0.5, 0.6) is 0 Å². The maximum atomic E-state index is 12.7. The quantitative estimate of drug-likeness (QED) is 0.431. The van der Waals surface area contributed by atoms with Crippen molar-refractivity contribution < 1.29 is 26.7 Å². The summed E-state index contributed by atoms with van der Waals surface area (Å²) < 4.78 is 63.3. The minimum Gasteiger partial charge on any atom is -0.294 e. The summed E-state index contributed by atoms with van der Waals surface area (Å²) in [5.41, 5.74) is -3.42. The predicted octanol–water partition coefficient (Wildman–Crippen LogP) is 4.45. The van der Waals surface area contributed by atoms with Gasteiger partial charge in [-0.1, -0.05) is 0 Å². The lowest BCUT2D eigenvalue weighted by Crippen LogP contribution is -2.16. The van der Waals surface area contributed by atoms with Gasteiger partial charge < -0.3 is 0 Å². The van der Waals surface area contributed by atoms with Gasteiger partial charge in [-0.05, 0) is 41.6 Å². The molecule has 1 nitrogen and oxygen atoms in total. The smallest absolute Gasteiger partial charge is 0.294 e. The number of hydrogen-bond acceptors (Lipinski definition) is 1. The Morgan fingerprint density at radius 1 is 1.29 bits per heavy atom. The highest BCUT2D eigenvalue weighted by Gasteiger charge is 2.39. The number of rotatable bonds is 2. The molecule has 0 fully saturated rings. The van der Waals surface area contributed by atoms with Crippen LogP contribution in [0.3, 0.4) is 0 Å². The largest absolute Gasteiger partial charge is 0.417 e. The van der Waals surface area contributed by atoms with Crippen molar-refractivity contribution in [2.75, 3.05) is 0 Å². The Morgan fingerprint density at radius 3 is 2.18 bits per heavy atom. The molecule has 1 rings (SSSR count). The summed E-state index contributed by atoms with van der Waals surface area (Å²) in [4.78, 5) is 11.1. The van der Waals surface area contributed by atoms with E-state index in [-0.39, 0.29) is 3.57 Å². The van der Waals surface area contributed by atoms with Gasteiger partial charge in [0.1, 0.15) is 0 Å². The van der Waals surface area contributed by atoms with Crippen LogP contribution in [0.25, 0.3) is 0 Å². The van der Waals surface area contributed by atoms with Crippen LogP contribution in [0.4, 0.5) is 22.0 Å². The van der Waals surface area contributed by atoms with E-state index < -0.39 is 35.1 Å². The lowest BCUT2D eigenvalue weighted by atomic mass is 9.98. The van der Waals surface area contributed by atoms with Crippen molar-refractivity contribution in [2.24, 2.45) is 0 Å². The molecule has 0 aliphatic carbocycles. The number of carbonyl (C=O) groups is 1. The minimum atomic E-state index is -4.98. The zero-order valence-corrected chi connectivity index (χ0v) is 10.6.